The van der Waals surface area contributed by atoms with E-state index in [-0.39, 0.29) is 17.1 Å². The van der Waals surface area contributed by atoms with Gasteiger partial charge in [0.1, 0.15) is 11.7 Å². The molecule has 0 aliphatic heterocycles. The minimum atomic E-state index is -0.207. The van der Waals surface area contributed by atoms with Crippen LogP contribution in [0.2, 0.25) is 0 Å². The first-order chi connectivity index (χ1) is 8.56. The second kappa shape index (κ2) is 4.84. The van der Waals surface area contributed by atoms with Crippen molar-refractivity contribution in [2.24, 2.45) is 16.3 Å². The number of nitrogens with one attached hydrogen (secondary N) is 1. The summed E-state index contributed by atoms with van der Waals surface area (Å²) in [6, 6.07) is 5.00. The van der Waals surface area contributed by atoms with Crippen LogP contribution in [0.5, 0.6) is 0 Å². The van der Waals surface area contributed by atoms with Crippen LogP contribution in [-0.4, -0.2) is 17.6 Å². The minimum Gasteiger partial charge on any atom is -0.409 e. The first-order valence-corrected chi connectivity index (χ1v) is 6.02. The van der Waals surface area contributed by atoms with Crippen molar-refractivity contribution in [1.29, 1.82) is 0 Å². The van der Waals surface area contributed by atoms with Crippen LogP contribution in [0.25, 0.3) is 0 Å². The maximum absolute atomic E-state index is 13.4. The van der Waals surface area contributed by atoms with Crippen LogP contribution in [0.1, 0.15) is 24.8 Å². The van der Waals surface area contributed by atoms with Crippen molar-refractivity contribution >= 4 is 11.5 Å². The standard InChI is InChI=1S/C13H18FN3O/c1-9-10(14)3-2-4-11(9)16-8-13(5-6-13)7-12(15)17-18/h2-4,16,18H,5-8H2,1H3,(H2,15,17). The second-order valence-corrected chi connectivity index (χ2v) is 5.03. The Bertz CT molecular complexity index is 469. The lowest BCUT2D eigenvalue weighted by Crippen LogP contribution is -2.24. The summed E-state index contributed by atoms with van der Waals surface area (Å²) < 4.78 is 13.4. The molecule has 0 aromatic heterocycles. The summed E-state index contributed by atoms with van der Waals surface area (Å²) in [5, 5.41) is 14.8. The average Bonchev–Trinajstić information content (AvgIpc) is 3.11. The summed E-state index contributed by atoms with van der Waals surface area (Å²) in [5.74, 6) is 0.0477. The number of rotatable bonds is 5. The molecule has 1 aromatic rings. The molecule has 18 heavy (non-hydrogen) atoms. The van der Waals surface area contributed by atoms with Crippen LogP contribution in [0, 0.1) is 18.2 Å². The maximum Gasteiger partial charge on any atom is 0.139 e. The highest BCUT2D eigenvalue weighted by molar-refractivity contribution is 5.80. The molecule has 0 saturated heterocycles. The lowest BCUT2D eigenvalue weighted by molar-refractivity contribution is 0.315. The number of hydrogen-bond acceptors (Lipinski definition) is 3. The number of oxime groups is 1. The van der Waals surface area contributed by atoms with Crippen molar-refractivity contribution in [3.05, 3.63) is 29.6 Å². The molecule has 4 nitrogen and oxygen atoms in total. The summed E-state index contributed by atoms with van der Waals surface area (Å²) >= 11 is 0. The molecule has 0 spiro atoms. The summed E-state index contributed by atoms with van der Waals surface area (Å²) in [4.78, 5) is 0. The van der Waals surface area contributed by atoms with Gasteiger partial charge in [0.25, 0.3) is 0 Å². The normalized spacial score (nSPS) is 17.6. The fraction of sp³-hybridized carbons (Fsp3) is 0.462. The van der Waals surface area contributed by atoms with Crippen LogP contribution in [0.4, 0.5) is 10.1 Å². The van der Waals surface area contributed by atoms with Crippen molar-refractivity contribution in [3.63, 3.8) is 0 Å². The molecule has 0 unspecified atom stereocenters. The smallest absolute Gasteiger partial charge is 0.139 e. The minimum absolute atomic E-state index is 0.0646. The van der Waals surface area contributed by atoms with E-state index in [2.05, 4.69) is 10.5 Å². The molecule has 5 heteroatoms. The number of amidine groups is 1. The highest BCUT2D eigenvalue weighted by Gasteiger charge is 2.43. The van der Waals surface area contributed by atoms with Crippen LogP contribution in [0.15, 0.2) is 23.4 Å². The molecule has 1 aromatic carbocycles. The Kier molecular flexibility index (Phi) is 3.41. The maximum atomic E-state index is 13.4. The molecule has 4 N–H and O–H groups in total. The Morgan fingerprint density at radius 3 is 2.89 bits per heavy atom. The fourth-order valence-corrected chi connectivity index (χ4v) is 2.09. The van der Waals surface area contributed by atoms with Gasteiger partial charge in [-0.05, 0) is 37.3 Å². The molecule has 1 fully saturated rings. The van der Waals surface area contributed by atoms with E-state index < -0.39 is 0 Å². The molecule has 0 atom stereocenters. The van der Waals surface area contributed by atoms with Crippen LogP contribution >= 0.6 is 0 Å². The van der Waals surface area contributed by atoms with Gasteiger partial charge in [0.15, 0.2) is 0 Å². The van der Waals surface area contributed by atoms with Gasteiger partial charge < -0.3 is 16.3 Å². The van der Waals surface area contributed by atoms with Crippen LogP contribution < -0.4 is 11.1 Å². The zero-order valence-electron chi connectivity index (χ0n) is 10.4. The fourth-order valence-electron chi connectivity index (χ4n) is 2.09. The first kappa shape index (κ1) is 12.7. The quantitative estimate of drug-likeness (QED) is 0.326. The van der Waals surface area contributed by atoms with Gasteiger partial charge in [-0.3, -0.25) is 0 Å². The summed E-state index contributed by atoms with van der Waals surface area (Å²) in [7, 11) is 0. The van der Waals surface area contributed by atoms with Crippen molar-refractivity contribution < 1.29 is 9.60 Å². The van der Waals surface area contributed by atoms with E-state index in [1.807, 2.05) is 6.07 Å². The van der Waals surface area contributed by atoms with Crippen molar-refractivity contribution in [3.8, 4) is 0 Å². The van der Waals surface area contributed by atoms with E-state index in [0.717, 1.165) is 18.5 Å². The lowest BCUT2D eigenvalue weighted by Gasteiger charge is -2.17. The molecule has 1 aliphatic rings. The van der Waals surface area contributed by atoms with Crippen molar-refractivity contribution in [1.82, 2.24) is 0 Å². The van der Waals surface area contributed by atoms with Crippen LogP contribution in [0.3, 0.4) is 0 Å². The zero-order valence-corrected chi connectivity index (χ0v) is 10.4. The molecule has 0 heterocycles. The lowest BCUT2D eigenvalue weighted by atomic mass is 10.0. The van der Waals surface area contributed by atoms with Crippen LogP contribution in [-0.2, 0) is 0 Å². The predicted octanol–water partition coefficient (Wildman–Crippen LogP) is 2.46. The molecule has 2 rings (SSSR count). The molecule has 1 saturated carbocycles. The summed E-state index contributed by atoms with van der Waals surface area (Å²) in [5.41, 5.74) is 7.03. The Morgan fingerprint density at radius 2 is 2.28 bits per heavy atom. The van der Waals surface area contributed by atoms with E-state index in [9.17, 15) is 4.39 Å². The molecule has 1 aliphatic carbocycles. The number of nitrogens with zero attached hydrogens (tertiary/aromatic N) is 1. The van der Waals surface area contributed by atoms with E-state index in [1.54, 1.807) is 13.0 Å². The third kappa shape index (κ3) is 2.72. The van der Waals surface area contributed by atoms with Gasteiger partial charge >= 0.3 is 0 Å². The van der Waals surface area contributed by atoms with Crippen molar-refractivity contribution in [2.45, 2.75) is 26.2 Å². The average molecular weight is 251 g/mol. The van der Waals surface area contributed by atoms with E-state index in [1.165, 1.54) is 6.07 Å². The number of benzene rings is 1. The molecular weight excluding hydrogens is 233 g/mol. The number of hydrogen-bond donors (Lipinski definition) is 3. The van der Waals surface area contributed by atoms with E-state index >= 15 is 0 Å². The van der Waals surface area contributed by atoms with Gasteiger partial charge in [-0.1, -0.05) is 11.2 Å². The third-order valence-electron chi connectivity index (χ3n) is 3.56. The van der Waals surface area contributed by atoms with E-state index in [4.69, 9.17) is 10.9 Å². The molecule has 0 bridgehead atoms. The molecule has 0 radical (unpaired) electrons. The number of anilines is 1. The molecule has 98 valence electrons. The summed E-state index contributed by atoms with van der Waals surface area (Å²) in [6.07, 6.45) is 2.67. The molecular formula is C13H18FN3O. The number of nitrogens with two attached hydrogens (primary N) is 1. The third-order valence-corrected chi connectivity index (χ3v) is 3.56. The zero-order chi connectivity index (χ0) is 13.2. The predicted molar refractivity (Wildman–Crippen MR) is 69.3 cm³/mol. The second-order valence-electron chi connectivity index (χ2n) is 5.03. The first-order valence-electron chi connectivity index (χ1n) is 6.02. The van der Waals surface area contributed by atoms with Gasteiger partial charge in [0.2, 0.25) is 0 Å². The van der Waals surface area contributed by atoms with Crippen molar-refractivity contribution in [2.75, 3.05) is 11.9 Å². The van der Waals surface area contributed by atoms with Gasteiger partial charge in [-0.25, -0.2) is 4.39 Å². The highest BCUT2D eigenvalue weighted by Crippen LogP contribution is 2.48. The Hall–Kier alpha value is -1.78. The summed E-state index contributed by atoms with van der Waals surface area (Å²) in [6.45, 7) is 2.47. The molecule has 0 amide bonds. The van der Waals surface area contributed by atoms with Gasteiger partial charge in [0, 0.05) is 24.2 Å². The Labute approximate surface area is 106 Å². The highest BCUT2D eigenvalue weighted by atomic mass is 19.1. The monoisotopic (exact) mass is 251 g/mol. The Balaban J connectivity index is 1.98. The number of halogens is 1. The van der Waals surface area contributed by atoms with E-state index in [0.29, 0.717) is 18.5 Å². The topological polar surface area (TPSA) is 70.6 Å². The van der Waals surface area contributed by atoms with Gasteiger partial charge in [-0.2, -0.15) is 0 Å². The van der Waals surface area contributed by atoms with Gasteiger partial charge in [0.05, 0.1) is 0 Å². The van der Waals surface area contributed by atoms with Gasteiger partial charge in [-0.15, -0.1) is 0 Å². The Morgan fingerprint density at radius 1 is 1.56 bits per heavy atom. The largest absolute Gasteiger partial charge is 0.409 e. The SMILES string of the molecule is Cc1c(F)cccc1NCC1(CC(N)=NO)CC1.